The van der Waals surface area contributed by atoms with Gasteiger partial charge >= 0.3 is 0 Å². The van der Waals surface area contributed by atoms with Crippen LogP contribution in [0.15, 0.2) is 42.5 Å². The molecule has 1 N–H and O–H groups in total. The van der Waals surface area contributed by atoms with Crippen LogP contribution in [0, 0.1) is 0 Å². The Hall–Kier alpha value is -1.56. The van der Waals surface area contributed by atoms with Gasteiger partial charge in [-0.3, -0.25) is 4.79 Å². The number of hydrogen-bond donors (Lipinski definition) is 1. The average molecular weight is 412 g/mol. The Bertz CT molecular complexity index is 928. The number of aryl methyl sites for hydroxylation is 1. The Kier molecular flexibility index (Phi) is 5.90. The number of nitrogens with one attached hydrogen (secondary N) is 1. The largest absolute Gasteiger partial charge is 0.348 e. The molecule has 0 aromatic heterocycles. The van der Waals surface area contributed by atoms with Crippen LogP contribution < -0.4 is 5.32 Å². The number of fused-ring (bicyclic) bond motifs is 1. The number of rotatable bonds is 5. The molecule has 2 aromatic rings. The Morgan fingerprint density at radius 2 is 1.88 bits per heavy atom. The minimum Gasteiger partial charge on any atom is -0.348 e. The fourth-order valence-corrected chi connectivity index (χ4v) is 4.87. The minimum absolute atomic E-state index is 0.132. The van der Waals surface area contributed by atoms with Gasteiger partial charge in [0, 0.05) is 0 Å². The molecule has 138 valence electrons. The zero-order valence-corrected chi connectivity index (χ0v) is 16.4. The van der Waals surface area contributed by atoms with Gasteiger partial charge in [0.05, 0.1) is 21.8 Å². The van der Waals surface area contributed by atoms with Crippen LogP contribution >= 0.6 is 23.2 Å². The zero-order valence-electron chi connectivity index (χ0n) is 14.0. The fraction of sp³-hybridized carbons (Fsp3) is 0.316. The molecule has 0 heterocycles. The zero-order chi connectivity index (χ0) is 18.7. The molecule has 1 amide bonds. The second-order valence-electron chi connectivity index (χ2n) is 6.49. The van der Waals surface area contributed by atoms with Crippen molar-refractivity contribution in [3.8, 4) is 0 Å². The normalized spacial score (nSPS) is 16.8. The Labute approximate surface area is 163 Å². The van der Waals surface area contributed by atoms with Crippen molar-refractivity contribution >= 4 is 38.9 Å². The van der Waals surface area contributed by atoms with Gasteiger partial charge in [-0.1, -0.05) is 53.5 Å². The van der Waals surface area contributed by atoms with Crippen molar-refractivity contribution in [3.63, 3.8) is 0 Å². The van der Waals surface area contributed by atoms with E-state index in [1.54, 1.807) is 12.1 Å². The molecule has 0 fully saturated rings. The molecule has 0 bridgehead atoms. The van der Waals surface area contributed by atoms with Crippen LogP contribution in [-0.4, -0.2) is 20.1 Å². The third-order valence-electron chi connectivity index (χ3n) is 4.43. The average Bonchev–Trinajstić information content (AvgIpc) is 2.57. The van der Waals surface area contributed by atoms with E-state index >= 15 is 0 Å². The van der Waals surface area contributed by atoms with Gasteiger partial charge in [0.2, 0.25) is 5.91 Å². The number of amides is 1. The molecule has 2 aromatic carbocycles. The lowest BCUT2D eigenvalue weighted by molar-refractivity contribution is -0.119. The number of halogens is 2. The van der Waals surface area contributed by atoms with Gasteiger partial charge < -0.3 is 5.32 Å². The lowest BCUT2D eigenvalue weighted by atomic mass is 9.88. The summed E-state index contributed by atoms with van der Waals surface area (Å²) in [6, 6.07) is 12.5. The molecule has 26 heavy (non-hydrogen) atoms. The summed E-state index contributed by atoms with van der Waals surface area (Å²) in [5, 5.41) is 3.53. The number of carbonyl (C=O) groups excluding carboxylic acids is 1. The van der Waals surface area contributed by atoms with Crippen LogP contribution in [0.3, 0.4) is 0 Å². The summed E-state index contributed by atoms with van der Waals surface area (Å²) in [7, 11) is -3.61. The van der Waals surface area contributed by atoms with E-state index in [-0.39, 0.29) is 11.8 Å². The van der Waals surface area contributed by atoms with Crippen molar-refractivity contribution in [2.24, 2.45) is 0 Å². The molecule has 1 atom stereocenters. The summed E-state index contributed by atoms with van der Waals surface area (Å²) < 4.78 is 24.7. The summed E-state index contributed by atoms with van der Waals surface area (Å²) in [5.74, 6) is -1.28. The van der Waals surface area contributed by atoms with Gasteiger partial charge in [-0.2, -0.15) is 0 Å². The SMILES string of the molecule is O=C(CS(=O)(=O)Cc1ccc(Cl)c(Cl)c1)NC1CCCc2ccccc21. The maximum absolute atomic E-state index is 12.4. The molecule has 7 heteroatoms. The maximum atomic E-state index is 12.4. The quantitative estimate of drug-likeness (QED) is 0.804. The van der Waals surface area contributed by atoms with Crippen LogP contribution in [0.2, 0.25) is 10.0 Å². The van der Waals surface area contributed by atoms with E-state index in [1.807, 2.05) is 18.2 Å². The highest BCUT2D eigenvalue weighted by molar-refractivity contribution is 7.91. The van der Waals surface area contributed by atoms with E-state index < -0.39 is 21.5 Å². The standard InChI is InChI=1S/C19H19Cl2NO3S/c20-16-9-8-13(10-17(16)21)11-26(24,25)12-19(23)22-18-7-3-5-14-4-1-2-6-15(14)18/h1-2,4,6,8-10,18H,3,5,7,11-12H2,(H,22,23). The highest BCUT2D eigenvalue weighted by Gasteiger charge is 2.24. The van der Waals surface area contributed by atoms with Gasteiger partial charge in [0.25, 0.3) is 0 Å². The summed E-state index contributed by atoms with van der Waals surface area (Å²) in [4.78, 5) is 12.3. The van der Waals surface area contributed by atoms with Crippen molar-refractivity contribution < 1.29 is 13.2 Å². The third-order valence-corrected chi connectivity index (χ3v) is 6.64. The predicted octanol–water partition coefficient (Wildman–Crippen LogP) is 4.10. The molecule has 0 radical (unpaired) electrons. The lowest BCUT2D eigenvalue weighted by Crippen LogP contribution is -2.35. The number of benzene rings is 2. The first kappa shape index (κ1) is 19.2. The maximum Gasteiger partial charge on any atom is 0.235 e. The Balaban J connectivity index is 1.65. The summed E-state index contributed by atoms with van der Waals surface area (Å²) >= 11 is 11.8. The second-order valence-corrected chi connectivity index (χ2v) is 9.37. The Morgan fingerprint density at radius 1 is 1.12 bits per heavy atom. The first-order chi connectivity index (χ1) is 12.3. The first-order valence-corrected chi connectivity index (χ1v) is 10.9. The highest BCUT2D eigenvalue weighted by Crippen LogP contribution is 2.29. The molecule has 0 saturated heterocycles. The molecule has 1 aliphatic rings. The van der Waals surface area contributed by atoms with Gasteiger partial charge in [-0.05, 0) is 48.1 Å². The van der Waals surface area contributed by atoms with Gasteiger partial charge in [0.1, 0.15) is 5.75 Å². The van der Waals surface area contributed by atoms with Crippen LogP contribution in [0.25, 0.3) is 0 Å². The second kappa shape index (κ2) is 7.99. The molecular formula is C19H19Cl2NO3S. The smallest absolute Gasteiger partial charge is 0.235 e. The van der Waals surface area contributed by atoms with Gasteiger partial charge in [0.15, 0.2) is 9.84 Å². The molecular weight excluding hydrogens is 393 g/mol. The lowest BCUT2D eigenvalue weighted by Gasteiger charge is -2.26. The van der Waals surface area contributed by atoms with Crippen LogP contribution in [0.1, 0.15) is 35.6 Å². The van der Waals surface area contributed by atoms with Crippen molar-refractivity contribution in [3.05, 3.63) is 69.2 Å². The van der Waals surface area contributed by atoms with Gasteiger partial charge in [-0.25, -0.2) is 8.42 Å². The molecule has 0 aliphatic heterocycles. The van der Waals surface area contributed by atoms with Crippen molar-refractivity contribution in [2.45, 2.75) is 31.1 Å². The molecule has 1 unspecified atom stereocenters. The molecule has 0 saturated carbocycles. The first-order valence-electron chi connectivity index (χ1n) is 8.35. The van der Waals surface area contributed by atoms with Crippen LogP contribution in [0.5, 0.6) is 0 Å². The minimum atomic E-state index is -3.61. The summed E-state index contributed by atoms with van der Waals surface area (Å²) in [5.41, 5.74) is 2.80. The van der Waals surface area contributed by atoms with Crippen LogP contribution in [0.4, 0.5) is 0 Å². The van der Waals surface area contributed by atoms with Gasteiger partial charge in [-0.15, -0.1) is 0 Å². The Morgan fingerprint density at radius 3 is 2.65 bits per heavy atom. The topological polar surface area (TPSA) is 63.2 Å². The predicted molar refractivity (Wildman–Crippen MR) is 104 cm³/mol. The number of sulfone groups is 1. The van der Waals surface area contributed by atoms with E-state index in [1.165, 1.54) is 11.6 Å². The summed E-state index contributed by atoms with van der Waals surface area (Å²) in [6.45, 7) is 0. The van der Waals surface area contributed by atoms with E-state index in [9.17, 15) is 13.2 Å². The molecule has 4 nitrogen and oxygen atoms in total. The van der Waals surface area contributed by atoms with E-state index in [2.05, 4.69) is 11.4 Å². The van der Waals surface area contributed by atoms with E-state index in [0.717, 1.165) is 24.8 Å². The monoisotopic (exact) mass is 411 g/mol. The molecule has 3 rings (SSSR count). The van der Waals surface area contributed by atoms with Crippen molar-refractivity contribution in [1.82, 2.24) is 5.32 Å². The molecule has 0 spiro atoms. The van der Waals surface area contributed by atoms with Crippen molar-refractivity contribution in [2.75, 3.05) is 5.75 Å². The van der Waals surface area contributed by atoms with E-state index in [4.69, 9.17) is 23.2 Å². The number of hydrogen-bond acceptors (Lipinski definition) is 3. The third kappa shape index (κ3) is 4.78. The summed E-state index contributed by atoms with van der Waals surface area (Å²) in [6.07, 6.45) is 2.77. The highest BCUT2D eigenvalue weighted by atomic mass is 35.5. The fourth-order valence-electron chi connectivity index (χ4n) is 3.27. The van der Waals surface area contributed by atoms with Crippen LogP contribution in [-0.2, 0) is 26.8 Å². The molecule has 1 aliphatic carbocycles. The van der Waals surface area contributed by atoms with Crippen molar-refractivity contribution in [1.29, 1.82) is 0 Å². The number of carbonyl (C=O) groups is 1. The van der Waals surface area contributed by atoms with E-state index in [0.29, 0.717) is 15.6 Å².